The molecule has 0 aliphatic carbocycles. The first-order valence-electron chi connectivity index (χ1n) is 5.62. The summed E-state index contributed by atoms with van der Waals surface area (Å²) in [6.45, 7) is 0.500. The Morgan fingerprint density at radius 2 is 1.94 bits per heavy atom. The van der Waals surface area contributed by atoms with Crippen molar-refractivity contribution in [1.82, 2.24) is 4.98 Å². The van der Waals surface area contributed by atoms with E-state index in [0.717, 1.165) is 28.1 Å². The van der Waals surface area contributed by atoms with Crippen LogP contribution in [0.25, 0.3) is 11.1 Å². The predicted molar refractivity (Wildman–Crippen MR) is 69.2 cm³/mol. The molecule has 0 unspecified atom stereocenters. The Balaban J connectivity index is 1.74. The summed E-state index contributed by atoms with van der Waals surface area (Å²) in [5.74, 6) is 0.760. The van der Waals surface area contributed by atoms with Crippen LogP contribution < -0.4 is 10.5 Å². The largest absolute Gasteiger partial charge is 0.489 e. The number of aromatic nitrogens is 1. The number of ether oxygens (including phenoxy) is 1. The molecular formula is C14H12N2O2. The first-order valence-corrected chi connectivity index (χ1v) is 5.62. The van der Waals surface area contributed by atoms with Crippen molar-refractivity contribution in [3.05, 3.63) is 54.4 Å². The van der Waals surface area contributed by atoms with Crippen LogP contribution in [0.3, 0.4) is 0 Å². The molecule has 0 bridgehead atoms. The van der Waals surface area contributed by atoms with Gasteiger partial charge in [0.2, 0.25) is 0 Å². The average Bonchev–Trinajstić information content (AvgIpc) is 2.85. The van der Waals surface area contributed by atoms with E-state index in [1.54, 1.807) is 0 Å². The minimum absolute atomic E-state index is 0.500. The Kier molecular flexibility index (Phi) is 2.61. The fraction of sp³-hybridized carbons (Fsp3) is 0.0714. The van der Waals surface area contributed by atoms with E-state index in [1.165, 1.54) is 6.39 Å². The van der Waals surface area contributed by atoms with Crippen LogP contribution in [-0.4, -0.2) is 4.98 Å². The number of nitrogen functional groups attached to an aromatic ring is 1. The number of hydrogen-bond acceptors (Lipinski definition) is 4. The quantitative estimate of drug-likeness (QED) is 0.715. The van der Waals surface area contributed by atoms with Gasteiger partial charge in [-0.3, -0.25) is 0 Å². The lowest BCUT2D eigenvalue weighted by molar-refractivity contribution is 0.306. The number of benzene rings is 2. The number of fused-ring (bicyclic) bond motifs is 1. The van der Waals surface area contributed by atoms with E-state index < -0.39 is 0 Å². The topological polar surface area (TPSA) is 61.3 Å². The van der Waals surface area contributed by atoms with Gasteiger partial charge in [-0.15, -0.1) is 0 Å². The second-order valence-corrected chi connectivity index (χ2v) is 4.01. The number of nitrogens with two attached hydrogens (primary N) is 1. The summed E-state index contributed by atoms with van der Waals surface area (Å²) in [6, 6.07) is 13.2. The highest BCUT2D eigenvalue weighted by Gasteiger charge is 2.01. The molecule has 2 N–H and O–H groups in total. The van der Waals surface area contributed by atoms with Crippen molar-refractivity contribution in [2.45, 2.75) is 6.61 Å². The van der Waals surface area contributed by atoms with Crippen molar-refractivity contribution < 1.29 is 9.15 Å². The van der Waals surface area contributed by atoms with Crippen LogP contribution in [0.2, 0.25) is 0 Å². The van der Waals surface area contributed by atoms with Gasteiger partial charge in [-0.05, 0) is 29.8 Å². The summed E-state index contributed by atoms with van der Waals surface area (Å²) in [6.07, 6.45) is 1.43. The maximum Gasteiger partial charge on any atom is 0.181 e. The molecule has 1 aromatic heterocycles. The first kappa shape index (κ1) is 10.7. The molecule has 0 spiro atoms. The van der Waals surface area contributed by atoms with Crippen molar-refractivity contribution >= 4 is 16.8 Å². The Hall–Kier alpha value is -2.49. The SMILES string of the molecule is Nc1ccc(COc2ccc3ncoc3c2)cc1. The molecule has 1 heterocycles. The van der Waals surface area contributed by atoms with Crippen LogP contribution in [0, 0.1) is 0 Å². The van der Waals surface area contributed by atoms with E-state index in [1.807, 2.05) is 42.5 Å². The number of nitrogens with zero attached hydrogens (tertiary/aromatic N) is 1. The zero-order chi connectivity index (χ0) is 12.4. The van der Waals surface area contributed by atoms with E-state index in [4.69, 9.17) is 14.9 Å². The fourth-order valence-electron chi connectivity index (χ4n) is 1.71. The van der Waals surface area contributed by atoms with Gasteiger partial charge in [0, 0.05) is 11.8 Å². The van der Waals surface area contributed by atoms with Gasteiger partial charge in [0.05, 0.1) is 0 Å². The van der Waals surface area contributed by atoms with Crippen LogP contribution in [0.1, 0.15) is 5.56 Å². The van der Waals surface area contributed by atoms with E-state index in [2.05, 4.69) is 4.98 Å². The normalized spacial score (nSPS) is 10.7. The summed E-state index contributed by atoms with van der Waals surface area (Å²) in [5, 5.41) is 0. The van der Waals surface area contributed by atoms with E-state index >= 15 is 0 Å². The van der Waals surface area contributed by atoms with Crippen LogP contribution in [0.5, 0.6) is 5.75 Å². The first-order chi connectivity index (χ1) is 8.81. The van der Waals surface area contributed by atoms with Gasteiger partial charge in [0.25, 0.3) is 0 Å². The van der Waals surface area contributed by atoms with Gasteiger partial charge in [0.15, 0.2) is 12.0 Å². The molecule has 0 saturated heterocycles. The predicted octanol–water partition coefficient (Wildman–Crippen LogP) is 2.99. The lowest BCUT2D eigenvalue weighted by Crippen LogP contribution is -1.95. The van der Waals surface area contributed by atoms with Gasteiger partial charge in [-0.1, -0.05) is 12.1 Å². The highest BCUT2D eigenvalue weighted by Crippen LogP contribution is 2.20. The number of oxazole rings is 1. The van der Waals surface area contributed by atoms with E-state index in [9.17, 15) is 0 Å². The Bertz CT molecular complexity index is 659. The van der Waals surface area contributed by atoms with Crippen LogP contribution in [0.15, 0.2) is 53.3 Å². The standard InChI is InChI=1S/C14H12N2O2/c15-11-3-1-10(2-4-11)8-17-12-5-6-13-14(7-12)18-9-16-13/h1-7,9H,8,15H2. The summed E-state index contributed by atoms with van der Waals surface area (Å²) in [4.78, 5) is 4.05. The lowest BCUT2D eigenvalue weighted by atomic mass is 10.2. The van der Waals surface area contributed by atoms with Gasteiger partial charge in [-0.25, -0.2) is 4.98 Å². The zero-order valence-corrected chi connectivity index (χ0v) is 9.67. The molecule has 3 aromatic rings. The molecule has 0 radical (unpaired) electrons. The Morgan fingerprint density at radius 1 is 1.11 bits per heavy atom. The summed E-state index contributed by atoms with van der Waals surface area (Å²) in [5.41, 5.74) is 9.00. The van der Waals surface area contributed by atoms with Crippen molar-refractivity contribution in [1.29, 1.82) is 0 Å². The number of anilines is 1. The van der Waals surface area contributed by atoms with Crippen molar-refractivity contribution in [3.63, 3.8) is 0 Å². The molecule has 0 saturated carbocycles. The third-order valence-electron chi connectivity index (χ3n) is 2.69. The second kappa shape index (κ2) is 4.41. The molecule has 0 aliphatic rings. The highest BCUT2D eigenvalue weighted by atomic mass is 16.5. The Labute approximate surface area is 104 Å². The van der Waals surface area contributed by atoms with Gasteiger partial charge in [0.1, 0.15) is 17.9 Å². The third-order valence-corrected chi connectivity index (χ3v) is 2.69. The van der Waals surface area contributed by atoms with Crippen LogP contribution >= 0.6 is 0 Å². The summed E-state index contributed by atoms with van der Waals surface area (Å²) < 4.78 is 10.9. The molecule has 0 atom stereocenters. The molecule has 0 amide bonds. The van der Waals surface area contributed by atoms with Crippen molar-refractivity contribution in [2.75, 3.05) is 5.73 Å². The molecule has 2 aromatic carbocycles. The third kappa shape index (κ3) is 2.13. The average molecular weight is 240 g/mol. The maximum absolute atomic E-state index is 5.68. The molecule has 0 aliphatic heterocycles. The van der Waals surface area contributed by atoms with Crippen molar-refractivity contribution in [3.8, 4) is 5.75 Å². The van der Waals surface area contributed by atoms with Gasteiger partial charge < -0.3 is 14.9 Å². The Morgan fingerprint density at radius 3 is 2.78 bits per heavy atom. The van der Waals surface area contributed by atoms with Gasteiger partial charge >= 0.3 is 0 Å². The highest BCUT2D eigenvalue weighted by molar-refractivity contribution is 5.73. The number of rotatable bonds is 3. The lowest BCUT2D eigenvalue weighted by Gasteiger charge is -2.06. The van der Waals surface area contributed by atoms with Gasteiger partial charge in [-0.2, -0.15) is 0 Å². The monoisotopic (exact) mass is 240 g/mol. The second-order valence-electron chi connectivity index (χ2n) is 4.01. The molecule has 4 heteroatoms. The molecule has 0 fully saturated rings. The summed E-state index contributed by atoms with van der Waals surface area (Å²) in [7, 11) is 0. The molecular weight excluding hydrogens is 228 g/mol. The summed E-state index contributed by atoms with van der Waals surface area (Å²) >= 11 is 0. The molecule has 3 rings (SSSR count). The van der Waals surface area contributed by atoms with Crippen LogP contribution in [0.4, 0.5) is 5.69 Å². The smallest absolute Gasteiger partial charge is 0.181 e. The molecule has 4 nitrogen and oxygen atoms in total. The van der Waals surface area contributed by atoms with Crippen LogP contribution in [-0.2, 0) is 6.61 Å². The molecule has 90 valence electrons. The van der Waals surface area contributed by atoms with E-state index in [-0.39, 0.29) is 0 Å². The fourth-order valence-corrected chi connectivity index (χ4v) is 1.71. The maximum atomic E-state index is 5.68. The minimum atomic E-state index is 0.500. The zero-order valence-electron chi connectivity index (χ0n) is 9.67. The molecule has 18 heavy (non-hydrogen) atoms. The number of hydrogen-bond donors (Lipinski definition) is 1. The van der Waals surface area contributed by atoms with E-state index in [0.29, 0.717) is 6.61 Å². The van der Waals surface area contributed by atoms with Crippen molar-refractivity contribution in [2.24, 2.45) is 0 Å². The minimum Gasteiger partial charge on any atom is -0.489 e.